The summed E-state index contributed by atoms with van der Waals surface area (Å²) in [5.41, 5.74) is 1.59. The summed E-state index contributed by atoms with van der Waals surface area (Å²) >= 11 is 0. The standard InChI is InChI=1S/C20H14FN5O/c21-18-15(14-5-1-4-13(10-14)11-22)6-2-7-16(18)20-24-19(25-27-20)17-8-3-9-26(17)12-23/h1-2,4-7,10,17H,3,8-9H2. The van der Waals surface area contributed by atoms with Gasteiger partial charge >= 0.3 is 0 Å². The van der Waals surface area contributed by atoms with E-state index in [1.54, 1.807) is 47.4 Å². The summed E-state index contributed by atoms with van der Waals surface area (Å²) in [5, 5.41) is 22.2. The van der Waals surface area contributed by atoms with Crippen LogP contribution in [0.5, 0.6) is 0 Å². The molecule has 27 heavy (non-hydrogen) atoms. The summed E-state index contributed by atoms with van der Waals surface area (Å²) in [6.07, 6.45) is 3.76. The fourth-order valence-electron chi connectivity index (χ4n) is 3.31. The number of hydrogen-bond acceptors (Lipinski definition) is 6. The van der Waals surface area contributed by atoms with Crippen LogP contribution in [0, 0.1) is 28.6 Å². The zero-order valence-corrected chi connectivity index (χ0v) is 14.3. The molecule has 1 unspecified atom stereocenters. The lowest BCUT2D eigenvalue weighted by atomic mass is 10.0. The van der Waals surface area contributed by atoms with Crippen molar-refractivity contribution in [3.63, 3.8) is 0 Å². The second-order valence-electron chi connectivity index (χ2n) is 6.27. The Morgan fingerprint density at radius 1 is 1.15 bits per heavy atom. The molecule has 2 heterocycles. The minimum absolute atomic E-state index is 0.0746. The van der Waals surface area contributed by atoms with Crippen LogP contribution in [-0.4, -0.2) is 21.6 Å². The predicted molar refractivity (Wildman–Crippen MR) is 94.1 cm³/mol. The average molecular weight is 359 g/mol. The third-order valence-electron chi connectivity index (χ3n) is 4.65. The zero-order chi connectivity index (χ0) is 18.8. The first kappa shape index (κ1) is 16.7. The van der Waals surface area contributed by atoms with E-state index in [9.17, 15) is 5.26 Å². The van der Waals surface area contributed by atoms with Crippen molar-refractivity contribution in [2.75, 3.05) is 6.54 Å². The molecule has 1 aliphatic heterocycles. The lowest BCUT2D eigenvalue weighted by Gasteiger charge is -2.13. The molecule has 1 aliphatic rings. The Morgan fingerprint density at radius 2 is 1.96 bits per heavy atom. The molecular formula is C20H14FN5O. The molecule has 2 aromatic carbocycles. The number of nitrogens with zero attached hydrogens (tertiary/aromatic N) is 5. The first-order valence-electron chi connectivity index (χ1n) is 8.50. The van der Waals surface area contributed by atoms with Crippen LogP contribution in [0.2, 0.25) is 0 Å². The fraction of sp³-hybridized carbons (Fsp3) is 0.200. The highest BCUT2D eigenvalue weighted by Gasteiger charge is 2.30. The predicted octanol–water partition coefficient (Wildman–Crippen LogP) is 4.03. The molecule has 0 saturated carbocycles. The quantitative estimate of drug-likeness (QED) is 0.656. The summed E-state index contributed by atoms with van der Waals surface area (Å²) < 4.78 is 20.4. The lowest BCUT2D eigenvalue weighted by Crippen LogP contribution is -2.17. The van der Waals surface area contributed by atoms with Gasteiger partial charge in [0.15, 0.2) is 12.0 Å². The fourth-order valence-corrected chi connectivity index (χ4v) is 3.31. The number of benzene rings is 2. The number of aromatic nitrogens is 2. The van der Waals surface area contributed by atoms with Crippen molar-refractivity contribution in [3.8, 4) is 34.8 Å². The summed E-state index contributed by atoms with van der Waals surface area (Å²) in [4.78, 5) is 5.93. The average Bonchev–Trinajstić information content (AvgIpc) is 3.37. The summed E-state index contributed by atoms with van der Waals surface area (Å²) in [5.74, 6) is -0.0303. The minimum Gasteiger partial charge on any atom is -0.334 e. The monoisotopic (exact) mass is 359 g/mol. The van der Waals surface area contributed by atoms with Gasteiger partial charge in [-0.2, -0.15) is 15.5 Å². The molecule has 132 valence electrons. The molecule has 1 fully saturated rings. The molecule has 6 nitrogen and oxygen atoms in total. The number of rotatable bonds is 3. The van der Waals surface area contributed by atoms with Crippen molar-refractivity contribution in [2.24, 2.45) is 0 Å². The van der Waals surface area contributed by atoms with Crippen LogP contribution in [0.3, 0.4) is 0 Å². The van der Waals surface area contributed by atoms with E-state index < -0.39 is 5.82 Å². The third-order valence-corrected chi connectivity index (χ3v) is 4.65. The molecule has 1 atom stereocenters. The Kier molecular flexibility index (Phi) is 4.27. The van der Waals surface area contributed by atoms with Crippen LogP contribution >= 0.6 is 0 Å². The zero-order valence-electron chi connectivity index (χ0n) is 14.3. The molecule has 0 radical (unpaired) electrons. The van der Waals surface area contributed by atoms with E-state index in [2.05, 4.69) is 22.4 Å². The number of hydrogen-bond donors (Lipinski definition) is 0. The van der Waals surface area contributed by atoms with Crippen molar-refractivity contribution in [2.45, 2.75) is 18.9 Å². The van der Waals surface area contributed by atoms with Gasteiger partial charge in [-0.15, -0.1) is 0 Å². The number of halogens is 1. The van der Waals surface area contributed by atoms with Gasteiger partial charge in [-0.25, -0.2) is 4.39 Å². The van der Waals surface area contributed by atoms with Gasteiger partial charge in [0.2, 0.25) is 0 Å². The van der Waals surface area contributed by atoms with Gasteiger partial charge in [0.1, 0.15) is 11.9 Å². The van der Waals surface area contributed by atoms with E-state index >= 15 is 4.39 Å². The minimum atomic E-state index is -0.494. The maximum absolute atomic E-state index is 15.1. The SMILES string of the molecule is N#Cc1cccc(-c2cccc(-c3nc(C4CCCN4C#N)no3)c2F)c1. The van der Waals surface area contributed by atoms with Crippen LogP contribution in [0.25, 0.3) is 22.6 Å². The molecule has 0 spiro atoms. The maximum atomic E-state index is 15.1. The van der Waals surface area contributed by atoms with Crippen LogP contribution in [0.15, 0.2) is 47.0 Å². The molecule has 0 N–H and O–H groups in total. The molecule has 0 amide bonds. The largest absolute Gasteiger partial charge is 0.334 e. The Morgan fingerprint density at radius 3 is 2.78 bits per heavy atom. The molecule has 1 aromatic heterocycles. The smallest absolute Gasteiger partial charge is 0.260 e. The van der Waals surface area contributed by atoms with Gasteiger partial charge in [-0.3, -0.25) is 4.90 Å². The van der Waals surface area contributed by atoms with Crippen molar-refractivity contribution >= 4 is 0 Å². The summed E-state index contributed by atoms with van der Waals surface area (Å²) in [6, 6.07) is 13.5. The first-order chi connectivity index (χ1) is 13.2. The highest BCUT2D eigenvalue weighted by atomic mass is 19.1. The summed E-state index contributed by atoms with van der Waals surface area (Å²) in [6.45, 7) is 0.657. The first-order valence-corrected chi connectivity index (χ1v) is 8.50. The molecule has 7 heteroatoms. The Hall–Kier alpha value is -3.71. The molecule has 4 rings (SSSR count). The van der Waals surface area contributed by atoms with Crippen molar-refractivity contribution in [1.29, 1.82) is 10.5 Å². The van der Waals surface area contributed by atoms with E-state index in [4.69, 9.17) is 9.78 Å². The normalized spacial score (nSPS) is 16.1. The second kappa shape index (κ2) is 6.89. The van der Waals surface area contributed by atoms with E-state index in [0.29, 0.717) is 29.1 Å². The van der Waals surface area contributed by atoms with E-state index in [1.165, 1.54) is 0 Å². The van der Waals surface area contributed by atoms with Crippen LogP contribution < -0.4 is 0 Å². The van der Waals surface area contributed by atoms with Crippen molar-refractivity contribution < 1.29 is 8.91 Å². The lowest BCUT2D eigenvalue weighted by molar-refractivity contribution is 0.339. The molecule has 0 aliphatic carbocycles. The van der Waals surface area contributed by atoms with Gasteiger partial charge in [0.25, 0.3) is 5.89 Å². The van der Waals surface area contributed by atoms with Crippen LogP contribution in [0.1, 0.15) is 30.3 Å². The number of nitriles is 2. The van der Waals surface area contributed by atoms with Gasteiger partial charge in [-0.05, 0) is 36.6 Å². The van der Waals surface area contributed by atoms with E-state index in [0.717, 1.165) is 12.8 Å². The molecule has 1 saturated heterocycles. The van der Waals surface area contributed by atoms with Crippen LogP contribution in [-0.2, 0) is 0 Å². The van der Waals surface area contributed by atoms with E-state index in [-0.39, 0.29) is 17.5 Å². The topological polar surface area (TPSA) is 89.7 Å². The Bertz CT molecular complexity index is 1080. The third kappa shape index (κ3) is 3.00. The Labute approximate surface area is 155 Å². The van der Waals surface area contributed by atoms with E-state index in [1.807, 2.05) is 0 Å². The van der Waals surface area contributed by atoms with Gasteiger partial charge < -0.3 is 4.52 Å². The molecular weight excluding hydrogens is 345 g/mol. The van der Waals surface area contributed by atoms with Gasteiger partial charge in [0.05, 0.1) is 17.2 Å². The number of likely N-dealkylation sites (tertiary alicyclic amines) is 1. The molecule has 3 aromatic rings. The van der Waals surface area contributed by atoms with Gasteiger partial charge in [-0.1, -0.05) is 29.4 Å². The highest BCUT2D eigenvalue weighted by Crippen LogP contribution is 2.33. The summed E-state index contributed by atoms with van der Waals surface area (Å²) in [7, 11) is 0. The van der Waals surface area contributed by atoms with Gasteiger partial charge in [0, 0.05) is 12.1 Å². The maximum Gasteiger partial charge on any atom is 0.260 e. The van der Waals surface area contributed by atoms with Crippen molar-refractivity contribution in [1.82, 2.24) is 15.0 Å². The van der Waals surface area contributed by atoms with Crippen LogP contribution in [0.4, 0.5) is 4.39 Å². The second-order valence-corrected chi connectivity index (χ2v) is 6.27. The molecule has 0 bridgehead atoms. The highest BCUT2D eigenvalue weighted by molar-refractivity contribution is 5.71. The Balaban J connectivity index is 1.72. The van der Waals surface area contributed by atoms with Crippen molar-refractivity contribution in [3.05, 3.63) is 59.7 Å².